The molecule has 0 amide bonds. The fraction of sp³-hybridized carbons (Fsp3) is 1.00. The summed E-state index contributed by atoms with van der Waals surface area (Å²) in [5.74, 6) is 0. The molecule has 4 N–H and O–H groups in total. The lowest BCUT2D eigenvalue weighted by Gasteiger charge is -1.97. The van der Waals surface area contributed by atoms with E-state index in [2.05, 4.69) is 0 Å². The molecule has 13 heteroatoms. The van der Waals surface area contributed by atoms with Gasteiger partial charge in [-0.1, -0.05) is 0 Å². The molecule has 0 spiro atoms. The first-order chi connectivity index (χ1) is 5.25. The van der Waals surface area contributed by atoms with Crippen molar-refractivity contribution in [1.82, 2.24) is 0 Å². The predicted octanol–water partition coefficient (Wildman–Crippen LogP) is 0.0433. The van der Waals surface area contributed by atoms with Gasteiger partial charge in [0.1, 0.15) is 0 Å². The van der Waals surface area contributed by atoms with Crippen LogP contribution in [0.2, 0.25) is 0 Å². The van der Waals surface area contributed by atoms with E-state index in [4.69, 9.17) is 32.2 Å². The summed E-state index contributed by atoms with van der Waals surface area (Å²) in [4.78, 5) is 21.6. The highest BCUT2D eigenvalue weighted by atomic mass is 79.9. The molecule has 0 atom stereocenters. The summed E-state index contributed by atoms with van der Waals surface area (Å²) in [6.45, 7) is 0. The molecular formula is CH5BrF3O7PS. The Hall–Kier alpha value is 0.290. The zero-order chi connectivity index (χ0) is 11.5. The second-order valence-electron chi connectivity index (χ2n) is 1.43. The van der Waals surface area contributed by atoms with Crippen LogP contribution in [0.3, 0.4) is 0 Å². The van der Waals surface area contributed by atoms with E-state index >= 15 is 0 Å². The summed E-state index contributed by atoms with van der Waals surface area (Å²) < 4.78 is 66.4. The van der Waals surface area contributed by atoms with Gasteiger partial charge in [-0.2, -0.15) is 21.6 Å². The Morgan fingerprint density at radius 1 is 1.07 bits per heavy atom. The van der Waals surface area contributed by atoms with Gasteiger partial charge in [0.15, 0.2) is 0 Å². The molecule has 0 aromatic carbocycles. The Labute approximate surface area is 86.3 Å². The van der Waals surface area contributed by atoms with Crippen LogP contribution in [-0.2, 0) is 14.7 Å². The van der Waals surface area contributed by atoms with E-state index < -0.39 is 23.4 Å². The van der Waals surface area contributed by atoms with Crippen molar-refractivity contribution in [3.63, 3.8) is 0 Å². The maximum atomic E-state index is 10.7. The molecule has 0 aliphatic heterocycles. The first-order valence-electron chi connectivity index (χ1n) is 2.07. The molecule has 0 aromatic heterocycles. The van der Waals surface area contributed by atoms with Crippen molar-refractivity contribution >= 4 is 34.9 Å². The van der Waals surface area contributed by atoms with Gasteiger partial charge >= 0.3 is 23.4 Å². The Kier molecular flexibility index (Phi) is 8.49. The van der Waals surface area contributed by atoms with Crippen LogP contribution in [0.5, 0.6) is 0 Å². The molecule has 7 nitrogen and oxygen atoms in total. The number of halogens is 4. The molecule has 0 saturated carbocycles. The van der Waals surface area contributed by atoms with E-state index in [0.717, 1.165) is 0 Å². The molecule has 0 radical (unpaired) electrons. The molecular weight excluding hydrogens is 324 g/mol. The van der Waals surface area contributed by atoms with Gasteiger partial charge in [0, 0.05) is 0 Å². The van der Waals surface area contributed by atoms with Crippen molar-refractivity contribution < 1.29 is 45.4 Å². The van der Waals surface area contributed by atoms with E-state index in [1.165, 1.54) is 0 Å². The van der Waals surface area contributed by atoms with Gasteiger partial charge < -0.3 is 14.7 Å². The molecule has 14 heavy (non-hydrogen) atoms. The average molecular weight is 329 g/mol. The summed E-state index contributed by atoms with van der Waals surface area (Å²) in [7, 11) is -10.5. The van der Waals surface area contributed by atoms with Crippen LogP contribution in [0.1, 0.15) is 0 Å². The number of hydrogen-bond acceptors (Lipinski definition) is 3. The molecule has 0 bridgehead atoms. The molecule has 0 aliphatic carbocycles. The molecule has 0 aromatic rings. The van der Waals surface area contributed by atoms with Crippen LogP contribution in [-0.4, -0.2) is 33.2 Å². The van der Waals surface area contributed by atoms with Crippen molar-refractivity contribution in [2.75, 3.05) is 0 Å². The zero-order valence-corrected chi connectivity index (χ0v) is 9.34. The molecule has 0 heterocycles. The molecule has 90 valence electrons. The SMILES string of the molecule is Br.O=P(O)(O)O.O=S(=O)(O)C(F)(F)F. The van der Waals surface area contributed by atoms with Crippen LogP contribution in [0.15, 0.2) is 0 Å². The first kappa shape index (κ1) is 19.8. The minimum absolute atomic E-state index is 0. The minimum atomic E-state index is -5.84. The van der Waals surface area contributed by atoms with Crippen molar-refractivity contribution in [3.05, 3.63) is 0 Å². The van der Waals surface area contributed by atoms with E-state index in [-0.39, 0.29) is 17.0 Å². The molecule has 0 aliphatic rings. The predicted molar refractivity (Wildman–Crippen MR) is 42.2 cm³/mol. The highest BCUT2D eigenvalue weighted by Gasteiger charge is 2.44. The fourth-order valence-corrected chi connectivity index (χ4v) is 0. The standard InChI is InChI=1S/CHF3O3S.BrH.H3O4P/c2-1(3,4)8(5,6)7;;1-5(2,3)4/h(H,5,6,7);1H;(H3,1,2,3,4). The maximum absolute atomic E-state index is 10.7. The van der Waals surface area contributed by atoms with Crippen molar-refractivity contribution in [2.24, 2.45) is 0 Å². The van der Waals surface area contributed by atoms with Gasteiger partial charge in [-0.05, 0) is 0 Å². The quantitative estimate of drug-likeness (QED) is 0.280. The maximum Gasteiger partial charge on any atom is 0.522 e. The Morgan fingerprint density at radius 3 is 1.14 bits per heavy atom. The second-order valence-corrected chi connectivity index (χ2v) is 3.87. The van der Waals surface area contributed by atoms with Crippen LogP contribution in [0.25, 0.3) is 0 Å². The third-order valence-corrected chi connectivity index (χ3v) is 0.877. The Bertz CT molecular complexity index is 280. The lowest BCUT2D eigenvalue weighted by Crippen LogP contribution is -2.21. The summed E-state index contributed by atoms with van der Waals surface area (Å²) in [5, 5.41) is 0. The van der Waals surface area contributed by atoms with Gasteiger partial charge in [-0.15, -0.1) is 17.0 Å². The molecule has 0 fully saturated rings. The first-order valence-corrected chi connectivity index (χ1v) is 5.07. The molecule has 0 rings (SSSR count). The molecule has 0 saturated heterocycles. The van der Waals surface area contributed by atoms with E-state index in [0.29, 0.717) is 0 Å². The normalized spacial score (nSPS) is 12.2. The van der Waals surface area contributed by atoms with Crippen molar-refractivity contribution in [3.8, 4) is 0 Å². The topological polar surface area (TPSA) is 132 Å². The third-order valence-electron chi connectivity index (χ3n) is 0.292. The number of alkyl halides is 3. The summed E-state index contributed by atoms with van der Waals surface area (Å²) in [6.07, 6.45) is 0. The lowest BCUT2D eigenvalue weighted by molar-refractivity contribution is -0.0510. The number of phosphoric acid groups is 1. The zero-order valence-electron chi connectivity index (χ0n) is 5.91. The van der Waals surface area contributed by atoms with E-state index in [9.17, 15) is 13.2 Å². The minimum Gasteiger partial charge on any atom is -0.303 e. The summed E-state index contributed by atoms with van der Waals surface area (Å²) in [6, 6.07) is 0. The smallest absolute Gasteiger partial charge is 0.303 e. The van der Waals surface area contributed by atoms with Gasteiger partial charge in [0.05, 0.1) is 0 Å². The van der Waals surface area contributed by atoms with Gasteiger partial charge in [-0.3, -0.25) is 4.55 Å². The lowest BCUT2D eigenvalue weighted by atomic mass is 11.6. The van der Waals surface area contributed by atoms with Crippen LogP contribution >= 0.6 is 24.8 Å². The summed E-state index contributed by atoms with van der Waals surface area (Å²) >= 11 is 0. The monoisotopic (exact) mass is 328 g/mol. The highest BCUT2D eigenvalue weighted by Crippen LogP contribution is 2.25. The van der Waals surface area contributed by atoms with Gasteiger partial charge in [0.2, 0.25) is 0 Å². The Balaban J connectivity index is -0.000000177. The van der Waals surface area contributed by atoms with Gasteiger partial charge in [0.25, 0.3) is 0 Å². The van der Waals surface area contributed by atoms with Gasteiger partial charge in [-0.25, -0.2) is 4.57 Å². The van der Waals surface area contributed by atoms with Crippen molar-refractivity contribution in [1.29, 1.82) is 0 Å². The number of rotatable bonds is 0. The molecule has 0 unspecified atom stereocenters. The Morgan fingerprint density at radius 2 is 1.14 bits per heavy atom. The van der Waals surface area contributed by atoms with E-state index in [1.807, 2.05) is 0 Å². The van der Waals surface area contributed by atoms with E-state index in [1.54, 1.807) is 0 Å². The largest absolute Gasteiger partial charge is 0.522 e. The third kappa shape index (κ3) is 18.2. The van der Waals surface area contributed by atoms with Crippen LogP contribution in [0, 0.1) is 0 Å². The van der Waals surface area contributed by atoms with Crippen molar-refractivity contribution in [2.45, 2.75) is 5.51 Å². The van der Waals surface area contributed by atoms with Crippen LogP contribution < -0.4 is 0 Å². The second kappa shape index (κ2) is 6.00. The van der Waals surface area contributed by atoms with Crippen LogP contribution in [0.4, 0.5) is 13.2 Å². The number of hydrogen-bond donors (Lipinski definition) is 4. The average Bonchev–Trinajstić information content (AvgIpc) is 1.50. The fourth-order valence-electron chi connectivity index (χ4n) is 0. The summed E-state index contributed by atoms with van der Waals surface area (Å²) in [5.41, 5.74) is -5.53. The highest BCUT2D eigenvalue weighted by molar-refractivity contribution is 8.93.